The molecule has 0 rings (SSSR count). The van der Waals surface area contributed by atoms with E-state index in [1.54, 1.807) is 0 Å². The van der Waals surface area contributed by atoms with E-state index >= 15 is 0 Å². The summed E-state index contributed by atoms with van der Waals surface area (Å²) < 4.78 is 0. The maximum atomic E-state index is 2.28. The third kappa shape index (κ3) is 7.38. The topological polar surface area (TPSA) is 0 Å². The smallest absolute Gasteiger partial charge is 0.0285 e. The second-order valence-electron chi connectivity index (χ2n) is 3.76. The van der Waals surface area contributed by atoms with Crippen LogP contribution >= 0.6 is 0 Å². The van der Waals surface area contributed by atoms with Gasteiger partial charge < -0.3 is 0 Å². The first-order valence-electron chi connectivity index (χ1n) is 4.39. The van der Waals surface area contributed by atoms with Crippen molar-refractivity contribution in [3.05, 3.63) is 23.8 Å². The standard InChI is InChI=1S/C11H20/c1-9(2)6-7-11(5)8-10(3)4/h6-10H,1-5H3/b7-6-,11-8-. The third-order valence-corrected chi connectivity index (χ3v) is 1.34. The molecule has 0 unspecified atom stereocenters. The lowest BCUT2D eigenvalue weighted by Gasteiger charge is -1.98. The van der Waals surface area contributed by atoms with Crippen molar-refractivity contribution in [1.82, 2.24) is 0 Å². The van der Waals surface area contributed by atoms with E-state index < -0.39 is 0 Å². The highest BCUT2D eigenvalue weighted by Gasteiger charge is 1.88. The molecule has 0 fully saturated rings. The van der Waals surface area contributed by atoms with Crippen molar-refractivity contribution < 1.29 is 0 Å². The molecule has 0 saturated carbocycles. The molecule has 0 amide bonds. The molecule has 64 valence electrons. The zero-order valence-electron chi connectivity index (χ0n) is 8.39. The number of hydrogen-bond donors (Lipinski definition) is 0. The lowest BCUT2D eigenvalue weighted by molar-refractivity contribution is 0.818. The van der Waals surface area contributed by atoms with E-state index in [1.165, 1.54) is 5.57 Å². The van der Waals surface area contributed by atoms with Crippen molar-refractivity contribution in [3.63, 3.8) is 0 Å². The second-order valence-corrected chi connectivity index (χ2v) is 3.76. The Bertz CT molecular complexity index is 147. The molecule has 0 aliphatic carbocycles. The lowest BCUT2D eigenvalue weighted by atomic mass is 10.1. The molecule has 0 saturated heterocycles. The molecule has 0 aromatic rings. The Balaban J connectivity index is 3.95. The van der Waals surface area contributed by atoms with Gasteiger partial charge in [-0.25, -0.2) is 0 Å². The van der Waals surface area contributed by atoms with Gasteiger partial charge >= 0.3 is 0 Å². The molecule has 11 heavy (non-hydrogen) atoms. The van der Waals surface area contributed by atoms with E-state index in [9.17, 15) is 0 Å². The summed E-state index contributed by atoms with van der Waals surface area (Å²) in [5.74, 6) is 1.32. The fourth-order valence-electron chi connectivity index (χ4n) is 0.926. The Morgan fingerprint density at radius 1 is 1.00 bits per heavy atom. The van der Waals surface area contributed by atoms with Crippen LogP contribution in [0.5, 0.6) is 0 Å². The Hall–Kier alpha value is -0.520. The van der Waals surface area contributed by atoms with Crippen molar-refractivity contribution in [1.29, 1.82) is 0 Å². The van der Waals surface area contributed by atoms with Crippen LogP contribution in [0.2, 0.25) is 0 Å². The summed E-state index contributed by atoms with van der Waals surface area (Å²) in [5.41, 5.74) is 1.37. The van der Waals surface area contributed by atoms with Crippen LogP contribution in [0, 0.1) is 11.8 Å². The predicted octanol–water partition coefficient (Wildman–Crippen LogP) is 3.80. The molecule has 0 atom stereocenters. The van der Waals surface area contributed by atoms with Crippen LogP contribution in [0.4, 0.5) is 0 Å². The molecule has 0 aromatic heterocycles. The largest absolute Gasteiger partial charge is 0.0817 e. The highest BCUT2D eigenvalue weighted by atomic mass is 13.9. The number of hydrogen-bond acceptors (Lipinski definition) is 0. The Kier molecular flexibility index (Phi) is 4.93. The van der Waals surface area contributed by atoms with E-state index in [1.807, 2.05) is 0 Å². The van der Waals surface area contributed by atoms with Gasteiger partial charge in [0.15, 0.2) is 0 Å². The summed E-state index contributed by atoms with van der Waals surface area (Å²) in [6, 6.07) is 0. The van der Waals surface area contributed by atoms with E-state index in [4.69, 9.17) is 0 Å². The van der Waals surface area contributed by atoms with Crippen LogP contribution in [-0.2, 0) is 0 Å². The molecule has 0 bridgehead atoms. The monoisotopic (exact) mass is 152 g/mol. The minimum atomic E-state index is 0.658. The predicted molar refractivity (Wildman–Crippen MR) is 52.6 cm³/mol. The normalized spacial score (nSPS) is 13.9. The molecule has 0 N–H and O–H groups in total. The van der Waals surface area contributed by atoms with Crippen LogP contribution in [0.15, 0.2) is 23.8 Å². The second kappa shape index (κ2) is 5.17. The van der Waals surface area contributed by atoms with Gasteiger partial charge in [0.25, 0.3) is 0 Å². The maximum Gasteiger partial charge on any atom is -0.0285 e. The first-order chi connectivity index (χ1) is 5.02. The minimum Gasteiger partial charge on any atom is -0.0817 e. The molecule has 0 spiro atoms. The van der Waals surface area contributed by atoms with Crippen molar-refractivity contribution in [2.45, 2.75) is 34.6 Å². The first-order valence-corrected chi connectivity index (χ1v) is 4.39. The molecule has 0 aromatic carbocycles. The molecular formula is C11H20. The van der Waals surface area contributed by atoms with Gasteiger partial charge in [-0.15, -0.1) is 0 Å². The summed E-state index contributed by atoms with van der Waals surface area (Å²) in [7, 11) is 0. The zero-order chi connectivity index (χ0) is 8.85. The summed E-state index contributed by atoms with van der Waals surface area (Å²) in [5, 5.41) is 0. The Morgan fingerprint density at radius 2 is 1.55 bits per heavy atom. The van der Waals surface area contributed by atoms with E-state index in [0.29, 0.717) is 11.8 Å². The molecule has 0 heterocycles. The fourth-order valence-corrected chi connectivity index (χ4v) is 0.926. The van der Waals surface area contributed by atoms with Gasteiger partial charge in [-0.2, -0.15) is 0 Å². The van der Waals surface area contributed by atoms with Crippen LogP contribution in [0.1, 0.15) is 34.6 Å². The summed E-state index contributed by atoms with van der Waals surface area (Å²) in [6.07, 6.45) is 6.71. The lowest BCUT2D eigenvalue weighted by Crippen LogP contribution is -1.82. The molecule has 0 heteroatoms. The van der Waals surface area contributed by atoms with Gasteiger partial charge in [0.2, 0.25) is 0 Å². The van der Waals surface area contributed by atoms with Gasteiger partial charge in [-0.05, 0) is 18.8 Å². The quantitative estimate of drug-likeness (QED) is 0.539. The van der Waals surface area contributed by atoms with Crippen molar-refractivity contribution >= 4 is 0 Å². The van der Waals surface area contributed by atoms with Crippen molar-refractivity contribution in [2.24, 2.45) is 11.8 Å². The summed E-state index contributed by atoms with van der Waals surface area (Å²) in [6.45, 7) is 10.9. The van der Waals surface area contributed by atoms with Gasteiger partial charge in [0, 0.05) is 0 Å². The summed E-state index contributed by atoms with van der Waals surface area (Å²) >= 11 is 0. The zero-order valence-corrected chi connectivity index (χ0v) is 8.39. The highest BCUT2D eigenvalue weighted by Crippen LogP contribution is 2.04. The third-order valence-electron chi connectivity index (χ3n) is 1.34. The molecule has 0 nitrogen and oxygen atoms in total. The van der Waals surface area contributed by atoms with Crippen LogP contribution in [0.3, 0.4) is 0 Å². The molecule has 0 radical (unpaired) electrons. The highest BCUT2D eigenvalue weighted by molar-refractivity contribution is 5.16. The fraction of sp³-hybridized carbons (Fsp3) is 0.636. The average molecular weight is 152 g/mol. The van der Waals surface area contributed by atoms with Gasteiger partial charge in [0.1, 0.15) is 0 Å². The average Bonchev–Trinajstić information content (AvgIpc) is 1.82. The van der Waals surface area contributed by atoms with Crippen molar-refractivity contribution in [3.8, 4) is 0 Å². The number of rotatable bonds is 3. The molecule has 0 aliphatic heterocycles. The van der Waals surface area contributed by atoms with Crippen LogP contribution in [-0.4, -0.2) is 0 Å². The van der Waals surface area contributed by atoms with E-state index in [-0.39, 0.29) is 0 Å². The molecular weight excluding hydrogens is 132 g/mol. The Morgan fingerprint density at radius 3 is 1.91 bits per heavy atom. The van der Waals surface area contributed by atoms with Gasteiger partial charge in [-0.1, -0.05) is 51.5 Å². The van der Waals surface area contributed by atoms with Gasteiger partial charge in [-0.3, -0.25) is 0 Å². The van der Waals surface area contributed by atoms with Crippen LogP contribution in [0.25, 0.3) is 0 Å². The minimum absolute atomic E-state index is 0.658. The van der Waals surface area contributed by atoms with E-state index in [2.05, 4.69) is 52.8 Å². The first kappa shape index (κ1) is 10.5. The van der Waals surface area contributed by atoms with Crippen LogP contribution < -0.4 is 0 Å². The molecule has 0 aliphatic rings. The maximum absolute atomic E-state index is 2.28. The SMILES string of the molecule is CC(/C=C\C(C)C)=C/C(C)C. The van der Waals surface area contributed by atoms with Crippen molar-refractivity contribution in [2.75, 3.05) is 0 Å². The van der Waals surface area contributed by atoms with Gasteiger partial charge in [0.05, 0.1) is 0 Å². The van der Waals surface area contributed by atoms with E-state index in [0.717, 1.165) is 0 Å². The summed E-state index contributed by atoms with van der Waals surface area (Å²) in [4.78, 5) is 0. The Labute approximate surface area is 71.0 Å². The number of allylic oxidation sites excluding steroid dienone is 4.